The molecule has 0 aliphatic heterocycles. The molecule has 0 aliphatic rings. The molecule has 0 fully saturated rings. The molecule has 1 N–H and O–H groups in total. The van der Waals surface area contributed by atoms with Crippen LogP contribution in [0, 0.1) is 6.92 Å². The number of aryl methyl sites for hydroxylation is 1. The van der Waals surface area contributed by atoms with Crippen molar-refractivity contribution in [2.75, 3.05) is 0 Å². The molecule has 0 heterocycles. The standard InChI is InChI=1S/C17H17ClN2O/c1-3-16(13-8-6-9-14(18)11-13)19-20-17(21)15-10-5-4-7-12(15)2/h4-11H,3H2,1-2H3,(H,20,21). The molecule has 2 rings (SSSR count). The van der Waals surface area contributed by atoms with E-state index in [-0.39, 0.29) is 5.91 Å². The van der Waals surface area contributed by atoms with Crippen molar-refractivity contribution in [3.05, 3.63) is 70.2 Å². The number of carbonyl (C=O) groups is 1. The number of rotatable bonds is 4. The van der Waals surface area contributed by atoms with Gasteiger partial charge in [0.25, 0.3) is 5.91 Å². The average molecular weight is 301 g/mol. The molecule has 1 amide bonds. The minimum atomic E-state index is -0.207. The minimum absolute atomic E-state index is 0.207. The molecular formula is C17H17ClN2O. The van der Waals surface area contributed by atoms with Crippen LogP contribution in [0.15, 0.2) is 53.6 Å². The summed E-state index contributed by atoms with van der Waals surface area (Å²) in [5.74, 6) is -0.207. The zero-order valence-electron chi connectivity index (χ0n) is 12.1. The van der Waals surface area contributed by atoms with E-state index in [4.69, 9.17) is 11.6 Å². The van der Waals surface area contributed by atoms with Gasteiger partial charge in [-0.25, -0.2) is 5.43 Å². The zero-order chi connectivity index (χ0) is 15.2. The maximum absolute atomic E-state index is 12.1. The first-order valence-corrected chi connectivity index (χ1v) is 7.18. The summed E-state index contributed by atoms with van der Waals surface area (Å²) in [6.07, 6.45) is 0.703. The SMILES string of the molecule is CCC(=NNC(=O)c1ccccc1C)c1cccc(Cl)c1. The maximum Gasteiger partial charge on any atom is 0.271 e. The summed E-state index contributed by atoms with van der Waals surface area (Å²) < 4.78 is 0. The average Bonchev–Trinajstić information content (AvgIpc) is 2.48. The normalized spacial score (nSPS) is 11.3. The molecule has 0 spiro atoms. The van der Waals surface area contributed by atoms with Crippen LogP contribution in [0.3, 0.4) is 0 Å². The molecule has 0 bridgehead atoms. The molecule has 21 heavy (non-hydrogen) atoms. The second-order valence-corrected chi connectivity index (χ2v) is 5.11. The first-order valence-electron chi connectivity index (χ1n) is 6.80. The van der Waals surface area contributed by atoms with Gasteiger partial charge in [-0.1, -0.05) is 48.9 Å². The second-order valence-electron chi connectivity index (χ2n) is 4.68. The van der Waals surface area contributed by atoms with Crippen molar-refractivity contribution in [1.82, 2.24) is 5.43 Å². The molecule has 0 unspecified atom stereocenters. The third-order valence-electron chi connectivity index (χ3n) is 3.17. The molecule has 4 heteroatoms. The molecule has 2 aromatic rings. The second kappa shape index (κ2) is 7.04. The van der Waals surface area contributed by atoms with Crippen LogP contribution in [0.1, 0.15) is 34.8 Å². The molecule has 0 saturated carbocycles. The maximum atomic E-state index is 12.1. The number of halogens is 1. The fourth-order valence-electron chi connectivity index (χ4n) is 2.02. The number of carbonyl (C=O) groups excluding carboxylic acids is 1. The summed E-state index contributed by atoms with van der Waals surface area (Å²) in [4.78, 5) is 12.1. The lowest BCUT2D eigenvalue weighted by molar-refractivity contribution is 0.0954. The molecule has 3 nitrogen and oxygen atoms in total. The van der Waals surface area contributed by atoms with E-state index in [2.05, 4.69) is 10.5 Å². The van der Waals surface area contributed by atoms with Gasteiger partial charge in [0.2, 0.25) is 0 Å². The van der Waals surface area contributed by atoms with Crippen molar-refractivity contribution in [3.8, 4) is 0 Å². The van der Waals surface area contributed by atoms with E-state index in [0.29, 0.717) is 17.0 Å². The Kier molecular flexibility index (Phi) is 5.12. The Morgan fingerprint density at radius 2 is 1.95 bits per heavy atom. The van der Waals surface area contributed by atoms with Gasteiger partial charge in [-0.05, 0) is 42.7 Å². The summed E-state index contributed by atoms with van der Waals surface area (Å²) in [6.45, 7) is 3.88. The van der Waals surface area contributed by atoms with Gasteiger partial charge >= 0.3 is 0 Å². The van der Waals surface area contributed by atoms with Crippen LogP contribution >= 0.6 is 11.6 Å². The van der Waals surface area contributed by atoms with Gasteiger partial charge in [0, 0.05) is 10.6 Å². The highest BCUT2D eigenvalue weighted by molar-refractivity contribution is 6.31. The fraction of sp³-hybridized carbons (Fsp3) is 0.176. The summed E-state index contributed by atoms with van der Waals surface area (Å²) in [6, 6.07) is 14.9. The van der Waals surface area contributed by atoms with Gasteiger partial charge in [-0.3, -0.25) is 4.79 Å². The van der Waals surface area contributed by atoms with E-state index >= 15 is 0 Å². The third-order valence-corrected chi connectivity index (χ3v) is 3.41. The van der Waals surface area contributed by atoms with Gasteiger partial charge in [0.15, 0.2) is 0 Å². The molecule has 2 aromatic carbocycles. The summed E-state index contributed by atoms with van der Waals surface area (Å²) in [7, 11) is 0. The van der Waals surface area contributed by atoms with Gasteiger partial charge in [0.1, 0.15) is 0 Å². The zero-order valence-corrected chi connectivity index (χ0v) is 12.8. The molecule has 108 valence electrons. The monoisotopic (exact) mass is 300 g/mol. The Morgan fingerprint density at radius 1 is 1.19 bits per heavy atom. The molecule has 0 atom stereocenters. The predicted octanol–water partition coefficient (Wildman–Crippen LogP) is 4.19. The molecule has 0 aromatic heterocycles. The number of benzene rings is 2. The first-order chi connectivity index (χ1) is 10.1. The van der Waals surface area contributed by atoms with E-state index in [9.17, 15) is 4.79 Å². The van der Waals surface area contributed by atoms with Crippen LogP contribution in [-0.4, -0.2) is 11.6 Å². The van der Waals surface area contributed by atoms with Crippen LogP contribution in [0.2, 0.25) is 5.02 Å². The van der Waals surface area contributed by atoms with Crippen molar-refractivity contribution >= 4 is 23.2 Å². The quantitative estimate of drug-likeness (QED) is 0.667. The van der Waals surface area contributed by atoms with Crippen molar-refractivity contribution in [1.29, 1.82) is 0 Å². The number of hydrogen-bond acceptors (Lipinski definition) is 2. The fourth-order valence-corrected chi connectivity index (χ4v) is 2.21. The lowest BCUT2D eigenvalue weighted by Gasteiger charge is -2.07. The van der Waals surface area contributed by atoms with E-state index in [1.165, 1.54) is 0 Å². The highest BCUT2D eigenvalue weighted by Crippen LogP contribution is 2.13. The summed E-state index contributed by atoms with van der Waals surface area (Å²) in [5.41, 5.74) is 5.87. The predicted molar refractivity (Wildman–Crippen MR) is 86.9 cm³/mol. The number of amides is 1. The Labute approximate surface area is 129 Å². The molecule has 0 saturated heterocycles. The summed E-state index contributed by atoms with van der Waals surface area (Å²) >= 11 is 5.98. The highest BCUT2D eigenvalue weighted by Gasteiger charge is 2.08. The van der Waals surface area contributed by atoms with E-state index in [1.54, 1.807) is 6.07 Å². The van der Waals surface area contributed by atoms with Crippen molar-refractivity contribution in [2.24, 2.45) is 5.10 Å². The Bertz CT molecular complexity index is 680. The lowest BCUT2D eigenvalue weighted by Crippen LogP contribution is -2.20. The summed E-state index contributed by atoms with van der Waals surface area (Å²) in [5, 5.41) is 4.88. The van der Waals surface area contributed by atoms with Crippen LogP contribution in [0.5, 0.6) is 0 Å². The number of nitrogens with one attached hydrogen (secondary N) is 1. The van der Waals surface area contributed by atoms with Crippen molar-refractivity contribution < 1.29 is 4.79 Å². The molecule has 0 radical (unpaired) electrons. The lowest BCUT2D eigenvalue weighted by atomic mass is 10.1. The van der Waals surface area contributed by atoms with Crippen LogP contribution in [0.4, 0.5) is 0 Å². The van der Waals surface area contributed by atoms with E-state index in [0.717, 1.165) is 16.8 Å². The number of hydrazone groups is 1. The third kappa shape index (κ3) is 3.92. The largest absolute Gasteiger partial charge is 0.271 e. The van der Waals surface area contributed by atoms with Crippen molar-refractivity contribution in [3.63, 3.8) is 0 Å². The smallest absolute Gasteiger partial charge is 0.267 e. The van der Waals surface area contributed by atoms with E-state index < -0.39 is 0 Å². The first kappa shape index (κ1) is 15.3. The van der Waals surface area contributed by atoms with Gasteiger partial charge in [-0.15, -0.1) is 0 Å². The number of nitrogens with zero attached hydrogens (tertiary/aromatic N) is 1. The Morgan fingerprint density at radius 3 is 2.62 bits per heavy atom. The highest BCUT2D eigenvalue weighted by atomic mass is 35.5. The molecular weight excluding hydrogens is 284 g/mol. The van der Waals surface area contributed by atoms with Crippen LogP contribution < -0.4 is 5.43 Å². The molecule has 0 aliphatic carbocycles. The Hall–Kier alpha value is -2.13. The minimum Gasteiger partial charge on any atom is -0.267 e. The van der Waals surface area contributed by atoms with Gasteiger partial charge in [-0.2, -0.15) is 5.10 Å². The number of hydrogen-bond donors (Lipinski definition) is 1. The van der Waals surface area contributed by atoms with Crippen LogP contribution in [-0.2, 0) is 0 Å². The Balaban J connectivity index is 2.19. The van der Waals surface area contributed by atoms with Crippen molar-refractivity contribution in [2.45, 2.75) is 20.3 Å². The van der Waals surface area contributed by atoms with Crippen LogP contribution in [0.25, 0.3) is 0 Å². The van der Waals surface area contributed by atoms with E-state index in [1.807, 2.05) is 56.3 Å². The topological polar surface area (TPSA) is 41.5 Å². The van der Waals surface area contributed by atoms with Gasteiger partial charge < -0.3 is 0 Å². The van der Waals surface area contributed by atoms with Gasteiger partial charge in [0.05, 0.1) is 5.71 Å².